The Labute approximate surface area is 105 Å². The molecule has 4 heteroatoms. The zero-order valence-electron chi connectivity index (χ0n) is 11.4. The number of likely N-dealkylation sites (N-methyl/N-ethyl adjacent to an activating group) is 1. The van der Waals surface area contributed by atoms with Crippen molar-refractivity contribution in [3.63, 3.8) is 0 Å². The largest absolute Gasteiger partial charge is 0.353 e. The van der Waals surface area contributed by atoms with Crippen molar-refractivity contribution in [1.82, 2.24) is 10.2 Å². The van der Waals surface area contributed by atoms with E-state index in [9.17, 15) is 4.79 Å². The maximum Gasteiger partial charge on any atom is 0.234 e. The van der Waals surface area contributed by atoms with E-state index in [1.807, 2.05) is 14.0 Å². The number of rotatable bonds is 5. The van der Waals surface area contributed by atoms with Crippen molar-refractivity contribution in [2.24, 2.45) is 5.73 Å². The van der Waals surface area contributed by atoms with Crippen molar-refractivity contribution in [2.45, 2.75) is 64.1 Å². The van der Waals surface area contributed by atoms with Gasteiger partial charge in [-0.15, -0.1) is 0 Å². The number of nitrogens with two attached hydrogens (primary N) is 1. The fourth-order valence-electron chi connectivity index (χ4n) is 2.45. The third-order valence-corrected chi connectivity index (χ3v) is 3.76. The molecule has 17 heavy (non-hydrogen) atoms. The Morgan fingerprint density at radius 1 is 1.47 bits per heavy atom. The molecule has 1 fully saturated rings. The van der Waals surface area contributed by atoms with Gasteiger partial charge in [0.2, 0.25) is 5.91 Å². The van der Waals surface area contributed by atoms with Crippen molar-refractivity contribution in [2.75, 3.05) is 13.6 Å². The number of carbonyl (C=O) groups excluding carboxylic acids is 1. The van der Waals surface area contributed by atoms with Gasteiger partial charge in [0.25, 0.3) is 0 Å². The van der Waals surface area contributed by atoms with Gasteiger partial charge in [-0.2, -0.15) is 0 Å². The van der Waals surface area contributed by atoms with Gasteiger partial charge in [-0.3, -0.25) is 9.69 Å². The molecule has 1 aliphatic carbocycles. The Balaban J connectivity index is 2.36. The normalized spacial score (nSPS) is 26.9. The Morgan fingerprint density at radius 3 is 2.71 bits per heavy atom. The molecule has 0 spiro atoms. The van der Waals surface area contributed by atoms with E-state index < -0.39 is 0 Å². The molecule has 1 rings (SSSR count). The smallest absolute Gasteiger partial charge is 0.234 e. The van der Waals surface area contributed by atoms with Crippen LogP contribution in [0.2, 0.25) is 0 Å². The van der Waals surface area contributed by atoms with Gasteiger partial charge >= 0.3 is 0 Å². The molecule has 0 aliphatic heterocycles. The molecule has 4 nitrogen and oxygen atoms in total. The highest BCUT2D eigenvalue weighted by Gasteiger charge is 2.26. The third kappa shape index (κ3) is 4.64. The molecule has 0 bridgehead atoms. The quantitative estimate of drug-likeness (QED) is 0.758. The minimum atomic E-state index is 0.111. The summed E-state index contributed by atoms with van der Waals surface area (Å²) in [6.45, 7) is 4.57. The summed E-state index contributed by atoms with van der Waals surface area (Å²) in [5.41, 5.74) is 6.11. The molecule has 3 atom stereocenters. The maximum atomic E-state index is 11.8. The van der Waals surface area contributed by atoms with E-state index in [0.717, 1.165) is 19.3 Å². The number of amides is 1. The van der Waals surface area contributed by atoms with Crippen LogP contribution in [-0.4, -0.2) is 42.5 Å². The van der Waals surface area contributed by atoms with Crippen LogP contribution in [0.4, 0.5) is 0 Å². The summed E-state index contributed by atoms with van der Waals surface area (Å²) in [5.74, 6) is 0.111. The van der Waals surface area contributed by atoms with E-state index >= 15 is 0 Å². The first-order chi connectivity index (χ1) is 8.04. The molecule has 1 aliphatic rings. The van der Waals surface area contributed by atoms with E-state index in [1.165, 1.54) is 12.8 Å². The average molecular weight is 241 g/mol. The highest BCUT2D eigenvalue weighted by atomic mass is 16.2. The summed E-state index contributed by atoms with van der Waals surface area (Å²) in [5, 5.41) is 2.99. The van der Waals surface area contributed by atoms with E-state index in [-0.39, 0.29) is 18.0 Å². The van der Waals surface area contributed by atoms with Crippen LogP contribution in [0.1, 0.15) is 46.0 Å². The fraction of sp³-hybridized carbons (Fsp3) is 0.923. The fourth-order valence-corrected chi connectivity index (χ4v) is 2.45. The summed E-state index contributed by atoms with van der Waals surface area (Å²) in [4.78, 5) is 13.9. The molecule has 0 saturated heterocycles. The van der Waals surface area contributed by atoms with Crippen LogP contribution < -0.4 is 11.1 Å². The van der Waals surface area contributed by atoms with Crippen molar-refractivity contribution in [3.05, 3.63) is 0 Å². The lowest BCUT2D eigenvalue weighted by Gasteiger charge is -2.35. The summed E-state index contributed by atoms with van der Waals surface area (Å²) >= 11 is 0. The van der Waals surface area contributed by atoms with Gasteiger partial charge in [0.1, 0.15) is 0 Å². The Hall–Kier alpha value is -0.610. The standard InChI is InChI=1S/C13H27N3O/c1-4-10(2)15-13(17)9-16(3)12-8-6-5-7-11(12)14/h10-12H,4-9,14H2,1-3H3,(H,15,17). The molecule has 3 unspecified atom stereocenters. The van der Waals surface area contributed by atoms with Gasteiger partial charge in [0.15, 0.2) is 0 Å². The lowest BCUT2D eigenvalue weighted by Crippen LogP contribution is -2.51. The number of hydrogen-bond acceptors (Lipinski definition) is 3. The number of nitrogens with zero attached hydrogens (tertiary/aromatic N) is 1. The van der Waals surface area contributed by atoms with Gasteiger partial charge in [0.05, 0.1) is 6.54 Å². The Morgan fingerprint density at radius 2 is 2.12 bits per heavy atom. The van der Waals surface area contributed by atoms with Crippen LogP contribution in [0.5, 0.6) is 0 Å². The average Bonchev–Trinajstić information content (AvgIpc) is 2.29. The molecule has 0 heterocycles. The van der Waals surface area contributed by atoms with E-state index in [0.29, 0.717) is 12.6 Å². The molecular weight excluding hydrogens is 214 g/mol. The summed E-state index contributed by atoms with van der Waals surface area (Å²) in [6.07, 6.45) is 5.63. The Bertz CT molecular complexity index is 245. The second-order valence-electron chi connectivity index (χ2n) is 5.31. The van der Waals surface area contributed by atoms with Crippen LogP contribution in [0.25, 0.3) is 0 Å². The number of nitrogens with one attached hydrogen (secondary N) is 1. The molecule has 0 aromatic rings. The Kier molecular flexibility index (Phi) is 5.92. The second kappa shape index (κ2) is 6.97. The predicted molar refractivity (Wildman–Crippen MR) is 70.8 cm³/mol. The lowest BCUT2D eigenvalue weighted by atomic mass is 9.90. The van der Waals surface area contributed by atoms with Gasteiger partial charge in [0, 0.05) is 18.1 Å². The summed E-state index contributed by atoms with van der Waals surface area (Å²) in [6, 6.07) is 0.854. The number of carbonyl (C=O) groups is 1. The zero-order chi connectivity index (χ0) is 12.8. The SMILES string of the molecule is CCC(C)NC(=O)CN(C)C1CCCCC1N. The molecule has 3 N–H and O–H groups in total. The first-order valence-corrected chi connectivity index (χ1v) is 6.79. The minimum Gasteiger partial charge on any atom is -0.353 e. The molecule has 0 aromatic carbocycles. The van der Waals surface area contributed by atoms with E-state index in [2.05, 4.69) is 17.1 Å². The van der Waals surface area contributed by atoms with Crippen LogP contribution in [0.15, 0.2) is 0 Å². The maximum absolute atomic E-state index is 11.8. The van der Waals surface area contributed by atoms with Crippen molar-refractivity contribution < 1.29 is 4.79 Å². The van der Waals surface area contributed by atoms with Crippen molar-refractivity contribution in [3.8, 4) is 0 Å². The van der Waals surface area contributed by atoms with E-state index in [4.69, 9.17) is 5.73 Å². The predicted octanol–water partition coefficient (Wildman–Crippen LogP) is 1.10. The lowest BCUT2D eigenvalue weighted by molar-refractivity contribution is -0.123. The van der Waals surface area contributed by atoms with Crippen molar-refractivity contribution in [1.29, 1.82) is 0 Å². The number of hydrogen-bond donors (Lipinski definition) is 2. The first-order valence-electron chi connectivity index (χ1n) is 6.79. The molecule has 0 aromatic heterocycles. The van der Waals surface area contributed by atoms with Crippen molar-refractivity contribution >= 4 is 5.91 Å². The third-order valence-electron chi connectivity index (χ3n) is 3.76. The zero-order valence-corrected chi connectivity index (χ0v) is 11.4. The molecule has 1 amide bonds. The molecule has 100 valence electrons. The second-order valence-corrected chi connectivity index (χ2v) is 5.31. The van der Waals surface area contributed by atoms with Gasteiger partial charge in [-0.25, -0.2) is 0 Å². The van der Waals surface area contributed by atoms with Crippen LogP contribution >= 0.6 is 0 Å². The van der Waals surface area contributed by atoms with Gasteiger partial charge in [-0.05, 0) is 33.2 Å². The highest BCUT2D eigenvalue weighted by Crippen LogP contribution is 2.20. The molecular formula is C13H27N3O. The molecule has 1 saturated carbocycles. The topological polar surface area (TPSA) is 58.4 Å². The van der Waals surface area contributed by atoms with Crippen LogP contribution in [0, 0.1) is 0 Å². The summed E-state index contributed by atoms with van der Waals surface area (Å²) in [7, 11) is 2.01. The van der Waals surface area contributed by atoms with Gasteiger partial charge < -0.3 is 11.1 Å². The monoisotopic (exact) mass is 241 g/mol. The van der Waals surface area contributed by atoms with Crippen LogP contribution in [0.3, 0.4) is 0 Å². The first kappa shape index (κ1) is 14.5. The van der Waals surface area contributed by atoms with Crippen LogP contribution in [-0.2, 0) is 4.79 Å². The highest BCUT2D eigenvalue weighted by molar-refractivity contribution is 5.78. The van der Waals surface area contributed by atoms with Gasteiger partial charge in [-0.1, -0.05) is 19.8 Å². The molecule has 0 radical (unpaired) electrons. The minimum absolute atomic E-state index is 0.111. The summed E-state index contributed by atoms with van der Waals surface area (Å²) < 4.78 is 0. The van der Waals surface area contributed by atoms with E-state index in [1.54, 1.807) is 0 Å².